The van der Waals surface area contributed by atoms with E-state index in [2.05, 4.69) is 30.9 Å². The van der Waals surface area contributed by atoms with E-state index in [-0.39, 0.29) is 6.61 Å². The van der Waals surface area contributed by atoms with Crippen LogP contribution in [0.15, 0.2) is 18.2 Å². The SMILES string of the molecule is Cc1ccc(OCC2CC3CCC2C3)c(C#CCCO)c1. The first kappa shape index (κ1) is 14.5. The topological polar surface area (TPSA) is 29.5 Å². The van der Waals surface area contributed by atoms with E-state index in [0.29, 0.717) is 6.42 Å². The lowest BCUT2D eigenvalue weighted by Gasteiger charge is -2.22. The molecule has 2 heteroatoms. The van der Waals surface area contributed by atoms with Crippen LogP contribution in [-0.4, -0.2) is 18.3 Å². The Hall–Kier alpha value is -1.46. The molecule has 2 aliphatic rings. The van der Waals surface area contributed by atoms with E-state index in [1.807, 2.05) is 6.07 Å². The van der Waals surface area contributed by atoms with Gasteiger partial charge in [0.05, 0.1) is 18.8 Å². The number of hydrogen-bond acceptors (Lipinski definition) is 2. The molecule has 3 rings (SSSR count). The second-order valence-electron chi connectivity index (χ2n) is 6.52. The second kappa shape index (κ2) is 6.54. The standard InChI is InChI=1S/C19H24O2/c1-14-5-8-19(17(10-14)4-2-3-9-20)21-13-18-12-15-6-7-16(18)11-15/h5,8,10,15-16,18,20H,3,6-7,9,11-13H2,1H3. The summed E-state index contributed by atoms with van der Waals surface area (Å²) in [5.74, 6) is 9.62. The maximum Gasteiger partial charge on any atom is 0.134 e. The van der Waals surface area contributed by atoms with Gasteiger partial charge in [0, 0.05) is 6.42 Å². The molecule has 0 heterocycles. The minimum Gasteiger partial charge on any atom is -0.492 e. The van der Waals surface area contributed by atoms with Gasteiger partial charge in [0.1, 0.15) is 5.75 Å². The first-order valence-electron chi connectivity index (χ1n) is 8.09. The van der Waals surface area contributed by atoms with Gasteiger partial charge in [0.2, 0.25) is 0 Å². The number of aliphatic hydroxyl groups excluding tert-OH is 1. The van der Waals surface area contributed by atoms with Gasteiger partial charge >= 0.3 is 0 Å². The molecule has 2 saturated carbocycles. The highest BCUT2D eigenvalue weighted by molar-refractivity contribution is 5.48. The van der Waals surface area contributed by atoms with Crippen LogP contribution in [0.25, 0.3) is 0 Å². The molecule has 0 aromatic heterocycles. The van der Waals surface area contributed by atoms with E-state index >= 15 is 0 Å². The number of ether oxygens (including phenoxy) is 1. The highest BCUT2D eigenvalue weighted by Crippen LogP contribution is 2.48. The third-order valence-electron chi connectivity index (χ3n) is 4.93. The summed E-state index contributed by atoms with van der Waals surface area (Å²) in [7, 11) is 0. The van der Waals surface area contributed by atoms with Crippen LogP contribution >= 0.6 is 0 Å². The molecule has 112 valence electrons. The van der Waals surface area contributed by atoms with Crippen LogP contribution in [0.4, 0.5) is 0 Å². The Kier molecular flexibility index (Phi) is 4.51. The lowest BCUT2D eigenvalue weighted by molar-refractivity contribution is 0.195. The van der Waals surface area contributed by atoms with Crippen molar-refractivity contribution in [1.29, 1.82) is 0 Å². The van der Waals surface area contributed by atoms with E-state index in [9.17, 15) is 0 Å². The third kappa shape index (κ3) is 3.41. The van der Waals surface area contributed by atoms with Crippen LogP contribution in [0.5, 0.6) is 5.75 Å². The Bertz CT molecular complexity index is 552. The molecule has 0 radical (unpaired) electrons. The fourth-order valence-electron chi connectivity index (χ4n) is 3.86. The van der Waals surface area contributed by atoms with Crippen molar-refractivity contribution >= 4 is 0 Å². The molecule has 1 aromatic rings. The van der Waals surface area contributed by atoms with E-state index in [4.69, 9.17) is 9.84 Å². The lowest BCUT2D eigenvalue weighted by atomic mass is 9.89. The fourth-order valence-corrected chi connectivity index (χ4v) is 3.86. The summed E-state index contributed by atoms with van der Waals surface area (Å²) < 4.78 is 6.09. The summed E-state index contributed by atoms with van der Waals surface area (Å²) in [4.78, 5) is 0. The van der Waals surface area contributed by atoms with E-state index in [0.717, 1.165) is 35.7 Å². The second-order valence-corrected chi connectivity index (χ2v) is 6.52. The number of aliphatic hydroxyl groups is 1. The number of fused-ring (bicyclic) bond motifs is 2. The van der Waals surface area contributed by atoms with Gasteiger partial charge in [-0.2, -0.15) is 0 Å². The van der Waals surface area contributed by atoms with Gasteiger partial charge in [0.25, 0.3) is 0 Å². The third-order valence-corrected chi connectivity index (χ3v) is 4.93. The average Bonchev–Trinajstić information content (AvgIpc) is 3.09. The Morgan fingerprint density at radius 2 is 2.19 bits per heavy atom. The molecule has 2 aliphatic carbocycles. The summed E-state index contributed by atoms with van der Waals surface area (Å²) >= 11 is 0. The lowest BCUT2D eigenvalue weighted by Crippen LogP contribution is -2.18. The van der Waals surface area contributed by atoms with Crippen molar-refractivity contribution in [2.45, 2.75) is 39.0 Å². The average molecular weight is 284 g/mol. The predicted octanol–water partition coefficient (Wildman–Crippen LogP) is 3.54. The van der Waals surface area contributed by atoms with Crippen LogP contribution in [0.1, 0.15) is 43.2 Å². The van der Waals surface area contributed by atoms with Gasteiger partial charge in [0.15, 0.2) is 0 Å². The Labute approximate surface area is 127 Å². The maximum absolute atomic E-state index is 8.84. The molecule has 1 N–H and O–H groups in total. The van der Waals surface area contributed by atoms with Crippen LogP contribution in [-0.2, 0) is 0 Å². The fraction of sp³-hybridized carbons (Fsp3) is 0.579. The van der Waals surface area contributed by atoms with E-state index in [1.165, 1.54) is 31.2 Å². The largest absolute Gasteiger partial charge is 0.492 e. The molecular weight excluding hydrogens is 260 g/mol. The highest BCUT2D eigenvalue weighted by atomic mass is 16.5. The number of benzene rings is 1. The van der Waals surface area contributed by atoms with Gasteiger partial charge in [-0.25, -0.2) is 0 Å². The summed E-state index contributed by atoms with van der Waals surface area (Å²) in [6, 6.07) is 6.18. The van der Waals surface area contributed by atoms with Crippen molar-refractivity contribution in [2.75, 3.05) is 13.2 Å². The number of hydrogen-bond donors (Lipinski definition) is 1. The first-order valence-corrected chi connectivity index (χ1v) is 8.09. The van der Waals surface area contributed by atoms with Crippen LogP contribution in [0, 0.1) is 36.5 Å². The molecule has 0 saturated heterocycles. The van der Waals surface area contributed by atoms with Crippen molar-refractivity contribution in [1.82, 2.24) is 0 Å². The zero-order valence-corrected chi connectivity index (χ0v) is 12.8. The van der Waals surface area contributed by atoms with Gasteiger partial charge in [-0.15, -0.1) is 0 Å². The van der Waals surface area contributed by atoms with Crippen molar-refractivity contribution in [3.05, 3.63) is 29.3 Å². The molecule has 0 amide bonds. The Balaban J connectivity index is 1.66. The van der Waals surface area contributed by atoms with Gasteiger partial charge in [-0.05, 0) is 61.6 Å². The molecule has 21 heavy (non-hydrogen) atoms. The van der Waals surface area contributed by atoms with Crippen molar-refractivity contribution < 1.29 is 9.84 Å². The monoisotopic (exact) mass is 284 g/mol. The quantitative estimate of drug-likeness (QED) is 0.857. The molecule has 3 atom stereocenters. The predicted molar refractivity (Wildman–Crippen MR) is 84.2 cm³/mol. The first-order chi connectivity index (χ1) is 10.3. The van der Waals surface area contributed by atoms with Gasteiger partial charge in [-0.3, -0.25) is 0 Å². The summed E-state index contributed by atoms with van der Waals surface area (Å²) in [5.41, 5.74) is 2.14. The van der Waals surface area contributed by atoms with Crippen LogP contribution in [0.2, 0.25) is 0 Å². The molecule has 2 fully saturated rings. The Morgan fingerprint density at radius 3 is 2.90 bits per heavy atom. The number of rotatable bonds is 4. The minimum absolute atomic E-state index is 0.111. The molecule has 2 nitrogen and oxygen atoms in total. The summed E-state index contributed by atoms with van der Waals surface area (Å²) in [6.07, 6.45) is 6.12. The zero-order chi connectivity index (χ0) is 14.7. The molecular formula is C19H24O2. The van der Waals surface area contributed by atoms with E-state index in [1.54, 1.807) is 0 Å². The molecule has 0 aliphatic heterocycles. The summed E-state index contributed by atoms with van der Waals surface area (Å²) in [5, 5.41) is 8.84. The van der Waals surface area contributed by atoms with Gasteiger partial charge < -0.3 is 9.84 Å². The highest BCUT2D eigenvalue weighted by Gasteiger charge is 2.39. The number of aryl methyl sites for hydroxylation is 1. The Morgan fingerprint density at radius 1 is 1.29 bits per heavy atom. The zero-order valence-electron chi connectivity index (χ0n) is 12.8. The smallest absolute Gasteiger partial charge is 0.134 e. The normalized spacial score (nSPS) is 26.5. The molecule has 3 unspecified atom stereocenters. The van der Waals surface area contributed by atoms with Crippen LogP contribution in [0.3, 0.4) is 0 Å². The van der Waals surface area contributed by atoms with Gasteiger partial charge in [-0.1, -0.05) is 24.3 Å². The van der Waals surface area contributed by atoms with Crippen molar-refractivity contribution in [2.24, 2.45) is 17.8 Å². The minimum atomic E-state index is 0.111. The molecule has 2 bridgehead atoms. The maximum atomic E-state index is 8.84. The summed E-state index contributed by atoms with van der Waals surface area (Å²) in [6.45, 7) is 3.01. The van der Waals surface area contributed by atoms with Crippen molar-refractivity contribution in [3.8, 4) is 17.6 Å². The van der Waals surface area contributed by atoms with Crippen molar-refractivity contribution in [3.63, 3.8) is 0 Å². The van der Waals surface area contributed by atoms with E-state index < -0.39 is 0 Å². The molecule has 0 spiro atoms. The van der Waals surface area contributed by atoms with Crippen LogP contribution < -0.4 is 4.74 Å². The molecule has 1 aromatic carbocycles.